The average Bonchev–Trinajstić information content (AvgIpc) is 3.00. The summed E-state index contributed by atoms with van der Waals surface area (Å²) in [4.78, 5) is 20.7. The van der Waals surface area contributed by atoms with E-state index >= 15 is 0 Å². The maximum atomic E-state index is 13.1. The van der Waals surface area contributed by atoms with Gasteiger partial charge in [-0.1, -0.05) is 23.4 Å². The number of nitrogens with one attached hydrogen (secondary N) is 1. The van der Waals surface area contributed by atoms with E-state index in [0.29, 0.717) is 5.69 Å². The highest BCUT2D eigenvalue weighted by atomic mass is 35.5. The number of thiophene rings is 1. The smallest absolute Gasteiger partial charge is 0.237 e. The minimum absolute atomic E-state index is 0.0285. The molecule has 0 saturated carbocycles. The van der Waals surface area contributed by atoms with Crippen LogP contribution in [-0.4, -0.2) is 21.1 Å². The molecule has 2 heterocycles. The Bertz CT molecular complexity index is 871. The van der Waals surface area contributed by atoms with Crippen LogP contribution in [0.4, 0.5) is 10.1 Å². The molecule has 1 atom stereocenters. The van der Waals surface area contributed by atoms with E-state index in [1.165, 1.54) is 47.6 Å². The molecule has 2 aromatic heterocycles. The molecule has 8 heteroatoms. The number of carbonyl (C=O) groups excluding carboxylic acids is 1. The lowest BCUT2D eigenvalue weighted by molar-refractivity contribution is -0.115. The highest BCUT2D eigenvalue weighted by Crippen LogP contribution is 2.31. The number of halogens is 2. The molecule has 1 amide bonds. The Morgan fingerprint density at radius 3 is 3.00 bits per heavy atom. The average molecular weight is 368 g/mol. The molecule has 0 spiro atoms. The van der Waals surface area contributed by atoms with E-state index in [0.717, 1.165) is 15.2 Å². The van der Waals surface area contributed by atoms with E-state index in [1.54, 1.807) is 6.92 Å². The van der Waals surface area contributed by atoms with Gasteiger partial charge in [-0.05, 0) is 36.6 Å². The molecular formula is C15H11ClFN3OS2. The summed E-state index contributed by atoms with van der Waals surface area (Å²) in [7, 11) is 0. The van der Waals surface area contributed by atoms with Crippen molar-refractivity contribution >= 4 is 56.5 Å². The molecule has 0 aliphatic rings. The Morgan fingerprint density at radius 1 is 1.39 bits per heavy atom. The molecule has 0 saturated heterocycles. The number of hydrogen-bond acceptors (Lipinski definition) is 5. The molecule has 23 heavy (non-hydrogen) atoms. The number of anilines is 1. The standard InChI is InChI=1S/C15H11ClFN3OS2/c1-8(14(21)20-9-2-3-11(17)10(16)6-9)23-15-13-12(4-5-22-13)18-7-19-15/h2-8H,1H3,(H,20,21). The third-order valence-electron chi connectivity index (χ3n) is 3.06. The first-order chi connectivity index (χ1) is 11.0. The Labute approximate surface area is 145 Å². The Morgan fingerprint density at radius 2 is 2.22 bits per heavy atom. The molecule has 1 unspecified atom stereocenters. The number of aromatic nitrogens is 2. The number of amides is 1. The normalized spacial score (nSPS) is 12.3. The Hall–Kier alpha value is -1.70. The largest absolute Gasteiger partial charge is 0.325 e. The van der Waals surface area contributed by atoms with E-state index in [2.05, 4.69) is 15.3 Å². The topological polar surface area (TPSA) is 54.9 Å². The van der Waals surface area contributed by atoms with E-state index < -0.39 is 5.82 Å². The van der Waals surface area contributed by atoms with Crippen LogP contribution < -0.4 is 5.32 Å². The molecule has 0 aliphatic heterocycles. The van der Waals surface area contributed by atoms with Gasteiger partial charge in [0.2, 0.25) is 5.91 Å². The molecule has 118 valence electrons. The van der Waals surface area contributed by atoms with Gasteiger partial charge in [0.25, 0.3) is 0 Å². The van der Waals surface area contributed by atoms with E-state index in [-0.39, 0.29) is 16.2 Å². The number of hydrogen-bond donors (Lipinski definition) is 1. The van der Waals surface area contributed by atoms with Gasteiger partial charge < -0.3 is 5.32 Å². The summed E-state index contributed by atoms with van der Waals surface area (Å²) in [6, 6.07) is 5.99. The molecule has 1 N–H and O–H groups in total. The van der Waals surface area contributed by atoms with Gasteiger partial charge in [-0.2, -0.15) is 0 Å². The lowest BCUT2D eigenvalue weighted by atomic mass is 10.3. The molecule has 0 fully saturated rings. The van der Waals surface area contributed by atoms with Crippen LogP contribution in [0.15, 0.2) is 41.0 Å². The van der Waals surface area contributed by atoms with Crippen molar-refractivity contribution < 1.29 is 9.18 Å². The monoisotopic (exact) mass is 367 g/mol. The fraction of sp³-hybridized carbons (Fsp3) is 0.133. The zero-order chi connectivity index (χ0) is 16.4. The predicted molar refractivity (Wildman–Crippen MR) is 92.8 cm³/mol. The molecule has 0 aliphatic carbocycles. The van der Waals surface area contributed by atoms with Gasteiger partial charge in [-0.25, -0.2) is 14.4 Å². The molecule has 3 rings (SSSR count). The van der Waals surface area contributed by atoms with Crippen LogP contribution in [0, 0.1) is 5.82 Å². The van der Waals surface area contributed by atoms with Crippen molar-refractivity contribution in [3.05, 3.63) is 46.8 Å². The van der Waals surface area contributed by atoms with Crippen molar-refractivity contribution in [1.82, 2.24) is 9.97 Å². The van der Waals surface area contributed by atoms with Gasteiger partial charge in [0.1, 0.15) is 17.2 Å². The first kappa shape index (κ1) is 16.2. The summed E-state index contributed by atoms with van der Waals surface area (Å²) >= 11 is 8.60. The number of thioether (sulfide) groups is 1. The van der Waals surface area contributed by atoms with Crippen molar-refractivity contribution in [3.8, 4) is 0 Å². The number of rotatable bonds is 4. The number of fused-ring (bicyclic) bond motifs is 1. The van der Waals surface area contributed by atoms with E-state index in [1.807, 2.05) is 11.4 Å². The van der Waals surface area contributed by atoms with Crippen molar-refractivity contribution in [1.29, 1.82) is 0 Å². The van der Waals surface area contributed by atoms with Crippen LogP contribution >= 0.6 is 34.7 Å². The molecule has 1 aromatic carbocycles. The zero-order valence-electron chi connectivity index (χ0n) is 11.9. The van der Waals surface area contributed by atoms with Crippen LogP contribution in [0.5, 0.6) is 0 Å². The Balaban J connectivity index is 1.72. The van der Waals surface area contributed by atoms with E-state index in [9.17, 15) is 9.18 Å². The minimum Gasteiger partial charge on any atom is -0.325 e. The second-order valence-electron chi connectivity index (χ2n) is 4.69. The third-order valence-corrected chi connectivity index (χ3v) is 5.48. The predicted octanol–water partition coefficient (Wildman–Crippen LogP) is 4.60. The highest BCUT2D eigenvalue weighted by Gasteiger charge is 2.18. The van der Waals surface area contributed by atoms with Crippen LogP contribution in [0.25, 0.3) is 10.2 Å². The van der Waals surface area contributed by atoms with Gasteiger partial charge in [-0.3, -0.25) is 4.79 Å². The number of benzene rings is 1. The van der Waals surface area contributed by atoms with Crippen molar-refractivity contribution in [2.75, 3.05) is 5.32 Å². The van der Waals surface area contributed by atoms with Gasteiger partial charge in [-0.15, -0.1) is 11.3 Å². The van der Waals surface area contributed by atoms with Crippen LogP contribution in [0.1, 0.15) is 6.92 Å². The van der Waals surface area contributed by atoms with Crippen LogP contribution in [0.2, 0.25) is 5.02 Å². The number of nitrogens with zero attached hydrogens (tertiary/aromatic N) is 2. The van der Waals surface area contributed by atoms with Crippen molar-refractivity contribution in [2.24, 2.45) is 0 Å². The molecule has 0 radical (unpaired) electrons. The van der Waals surface area contributed by atoms with Gasteiger partial charge in [0, 0.05) is 5.69 Å². The highest BCUT2D eigenvalue weighted by molar-refractivity contribution is 8.00. The molecule has 3 aromatic rings. The fourth-order valence-electron chi connectivity index (χ4n) is 1.89. The van der Waals surface area contributed by atoms with E-state index in [4.69, 9.17) is 11.6 Å². The van der Waals surface area contributed by atoms with Gasteiger partial charge >= 0.3 is 0 Å². The van der Waals surface area contributed by atoms with Gasteiger partial charge in [0.05, 0.1) is 20.5 Å². The maximum Gasteiger partial charge on any atom is 0.237 e. The SMILES string of the molecule is CC(Sc1ncnc2ccsc12)C(=O)Nc1ccc(F)c(Cl)c1. The summed E-state index contributed by atoms with van der Waals surface area (Å²) in [6.45, 7) is 1.78. The second kappa shape index (κ2) is 6.82. The Kier molecular flexibility index (Phi) is 4.79. The molecular weight excluding hydrogens is 357 g/mol. The molecule has 0 bridgehead atoms. The second-order valence-corrected chi connectivity index (χ2v) is 7.34. The first-order valence-electron chi connectivity index (χ1n) is 6.65. The quantitative estimate of drug-likeness (QED) is 0.540. The fourth-order valence-corrected chi connectivity index (χ4v) is 3.91. The minimum atomic E-state index is -0.520. The molecule has 4 nitrogen and oxygen atoms in total. The number of carbonyl (C=O) groups is 1. The first-order valence-corrected chi connectivity index (χ1v) is 8.79. The van der Waals surface area contributed by atoms with Crippen molar-refractivity contribution in [2.45, 2.75) is 17.2 Å². The van der Waals surface area contributed by atoms with Crippen LogP contribution in [-0.2, 0) is 4.79 Å². The van der Waals surface area contributed by atoms with Crippen LogP contribution in [0.3, 0.4) is 0 Å². The lowest BCUT2D eigenvalue weighted by Crippen LogP contribution is -2.22. The summed E-state index contributed by atoms with van der Waals surface area (Å²) < 4.78 is 14.1. The zero-order valence-corrected chi connectivity index (χ0v) is 14.3. The lowest BCUT2D eigenvalue weighted by Gasteiger charge is -2.12. The van der Waals surface area contributed by atoms with Crippen molar-refractivity contribution in [3.63, 3.8) is 0 Å². The summed E-state index contributed by atoms with van der Waals surface area (Å²) in [6.07, 6.45) is 1.49. The third kappa shape index (κ3) is 3.63. The summed E-state index contributed by atoms with van der Waals surface area (Å²) in [5, 5.41) is 5.02. The van der Waals surface area contributed by atoms with Gasteiger partial charge in [0.15, 0.2) is 0 Å². The summed E-state index contributed by atoms with van der Waals surface area (Å²) in [5.74, 6) is -0.728. The summed E-state index contributed by atoms with van der Waals surface area (Å²) in [5.41, 5.74) is 1.32. The maximum absolute atomic E-state index is 13.1.